The second kappa shape index (κ2) is 8.65. The van der Waals surface area contributed by atoms with E-state index in [0.29, 0.717) is 5.92 Å². The van der Waals surface area contributed by atoms with Gasteiger partial charge in [0.15, 0.2) is 0 Å². The van der Waals surface area contributed by atoms with Crippen LogP contribution in [0, 0.1) is 25.7 Å². The van der Waals surface area contributed by atoms with Crippen molar-refractivity contribution in [1.29, 1.82) is 0 Å². The quantitative estimate of drug-likeness (QED) is 0.859. The van der Waals surface area contributed by atoms with Crippen molar-refractivity contribution in [2.75, 3.05) is 20.2 Å². The number of nitrogens with zero attached hydrogens (tertiary/aromatic N) is 2. The minimum Gasteiger partial charge on any atom is -0.496 e. The Bertz CT molecular complexity index is 593. The van der Waals surface area contributed by atoms with Gasteiger partial charge in [0.25, 0.3) is 0 Å². The molecule has 1 amide bonds. The highest BCUT2D eigenvalue weighted by atomic mass is 16.5. The van der Waals surface area contributed by atoms with Crippen LogP contribution in [0.4, 0.5) is 0 Å². The zero-order chi connectivity index (χ0) is 18.6. The summed E-state index contributed by atoms with van der Waals surface area (Å²) in [6.45, 7) is 13.1. The second-order valence-electron chi connectivity index (χ2n) is 7.64. The van der Waals surface area contributed by atoms with Crippen molar-refractivity contribution in [2.24, 2.45) is 11.8 Å². The Hall–Kier alpha value is -1.62. The van der Waals surface area contributed by atoms with E-state index in [2.05, 4.69) is 42.9 Å². The Labute approximate surface area is 152 Å². The van der Waals surface area contributed by atoms with E-state index in [4.69, 9.17) is 4.74 Å². The average molecular weight is 348 g/mol. The van der Waals surface area contributed by atoms with Crippen molar-refractivity contribution >= 4 is 5.91 Å². The molecule has 0 aliphatic carbocycles. The maximum Gasteiger partial charge on any atom is 0.223 e. The summed E-state index contributed by atoms with van der Waals surface area (Å²) in [7, 11) is 1.71. The van der Waals surface area contributed by atoms with Crippen molar-refractivity contribution in [3.8, 4) is 5.75 Å². The summed E-state index contributed by atoms with van der Waals surface area (Å²) in [5.74, 6) is 1.75. The van der Waals surface area contributed by atoms with Gasteiger partial charge in [-0.15, -0.1) is 0 Å². The van der Waals surface area contributed by atoms with Crippen LogP contribution in [0.15, 0.2) is 6.20 Å². The van der Waals surface area contributed by atoms with Gasteiger partial charge in [0.1, 0.15) is 5.75 Å². The Morgan fingerprint density at radius 1 is 1.32 bits per heavy atom. The highest BCUT2D eigenvalue weighted by Gasteiger charge is 2.26. The molecule has 0 spiro atoms. The normalized spacial score (nSPS) is 17.6. The third-order valence-electron chi connectivity index (χ3n) is 5.45. The zero-order valence-corrected chi connectivity index (χ0v) is 16.6. The predicted octanol–water partition coefficient (Wildman–Crippen LogP) is 3.08. The minimum atomic E-state index is 0.138. The molecule has 1 atom stereocenters. The summed E-state index contributed by atoms with van der Waals surface area (Å²) in [6.07, 6.45) is 3.71. The molecule has 2 heterocycles. The van der Waals surface area contributed by atoms with Gasteiger partial charge in [-0.3, -0.25) is 14.7 Å². The number of rotatable bonds is 6. The number of hydrogen-bond donors (Lipinski definition) is 1. The molecule has 140 valence electrons. The maximum atomic E-state index is 12.4. The first-order chi connectivity index (χ1) is 11.8. The largest absolute Gasteiger partial charge is 0.496 e. The standard InChI is InChI=1S/C20H33N3O2/c1-13(2)16(5)22-20(24)17-7-9-23(10-8-17)12-18-15(4)19(25-6)14(3)11-21-18/h11,13,16-17H,7-10,12H2,1-6H3,(H,22,24)/t16-/m1/s1. The molecule has 2 rings (SSSR count). The first-order valence-corrected chi connectivity index (χ1v) is 9.35. The lowest BCUT2D eigenvalue weighted by Gasteiger charge is -2.32. The van der Waals surface area contributed by atoms with Crippen LogP contribution < -0.4 is 10.1 Å². The number of ether oxygens (including phenoxy) is 1. The lowest BCUT2D eigenvalue weighted by Crippen LogP contribution is -2.44. The number of likely N-dealkylation sites (tertiary alicyclic amines) is 1. The number of carbonyl (C=O) groups excluding carboxylic acids is 1. The van der Waals surface area contributed by atoms with Crippen LogP contribution in [0.5, 0.6) is 5.75 Å². The topological polar surface area (TPSA) is 54.5 Å². The first kappa shape index (κ1) is 19.7. The highest BCUT2D eigenvalue weighted by molar-refractivity contribution is 5.79. The van der Waals surface area contributed by atoms with Crippen LogP contribution in [0.3, 0.4) is 0 Å². The van der Waals surface area contributed by atoms with E-state index in [1.165, 1.54) is 0 Å². The Morgan fingerprint density at radius 2 is 1.96 bits per heavy atom. The molecule has 1 saturated heterocycles. The number of carbonyl (C=O) groups is 1. The van der Waals surface area contributed by atoms with E-state index in [1.807, 2.05) is 13.1 Å². The van der Waals surface area contributed by atoms with Gasteiger partial charge < -0.3 is 10.1 Å². The van der Waals surface area contributed by atoms with Crippen LogP contribution in [-0.2, 0) is 11.3 Å². The van der Waals surface area contributed by atoms with Crippen molar-refractivity contribution in [1.82, 2.24) is 15.2 Å². The average Bonchev–Trinajstić information content (AvgIpc) is 2.58. The summed E-state index contributed by atoms with van der Waals surface area (Å²) < 4.78 is 5.50. The molecule has 25 heavy (non-hydrogen) atoms. The van der Waals surface area contributed by atoms with E-state index in [-0.39, 0.29) is 17.9 Å². The van der Waals surface area contributed by atoms with Crippen LogP contribution >= 0.6 is 0 Å². The summed E-state index contributed by atoms with van der Waals surface area (Å²) >= 11 is 0. The fourth-order valence-corrected chi connectivity index (χ4v) is 3.30. The molecule has 1 N–H and O–H groups in total. The summed E-state index contributed by atoms with van der Waals surface area (Å²) in [4.78, 5) is 19.4. The van der Waals surface area contributed by atoms with E-state index in [1.54, 1.807) is 7.11 Å². The Morgan fingerprint density at radius 3 is 2.52 bits per heavy atom. The molecular weight excluding hydrogens is 314 g/mol. The molecule has 0 saturated carbocycles. The molecule has 5 heteroatoms. The molecule has 0 bridgehead atoms. The Balaban J connectivity index is 1.90. The van der Waals surface area contributed by atoms with Gasteiger partial charge in [-0.05, 0) is 52.6 Å². The molecule has 0 unspecified atom stereocenters. The van der Waals surface area contributed by atoms with E-state index in [9.17, 15) is 4.79 Å². The second-order valence-corrected chi connectivity index (χ2v) is 7.64. The van der Waals surface area contributed by atoms with Crippen LogP contribution in [-0.4, -0.2) is 42.0 Å². The number of aromatic nitrogens is 1. The Kier molecular flexibility index (Phi) is 6.82. The fraction of sp³-hybridized carbons (Fsp3) is 0.700. The number of nitrogens with one attached hydrogen (secondary N) is 1. The summed E-state index contributed by atoms with van der Waals surface area (Å²) in [5, 5.41) is 3.16. The molecule has 1 aliphatic rings. The lowest BCUT2D eigenvalue weighted by atomic mass is 9.94. The van der Waals surface area contributed by atoms with Crippen molar-refractivity contribution < 1.29 is 9.53 Å². The van der Waals surface area contributed by atoms with E-state index < -0.39 is 0 Å². The molecule has 0 aromatic carbocycles. The van der Waals surface area contributed by atoms with Gasteiger partial charge in [-0.25, -0.2) is 0 Å². The van der Waals surface area contributed by atoms with E-state index in [0.717, 1.165) is 55.0 Å². The molecule has 5 nitrogen and oxygen atoms in total. The molecular formula is C20H33N3O2. The zero-order valence-electron chi connectivity index (χ0n) is 16.6. The van der Waals surface area contributed by atoms with Gasteiger partial charge in [0.05, 0.1) is 12.8 Å². The molecule has 1 aromatic heterocycles. The lowest BCUT2D eigenvalue weighted by molar-refractivity contribution is -0.127. The van der Waals surface area contributed by atoms with Crippen molar-refractivity contribution in [3.63, 3.8) is 0 Å². The van der Waals surface area contributed by atoms with Crippen molar-refractivity contribution in [2.45, 2.75) is 60.0 Å². The number of pyridine rings is 1. The third-order valence-corrected chi connectivity index (χ3v) is 5.45. The smallest absolute Gasteiger partial charge is 0.223 e. The van der Waals surface area contributed by atoms with Crippen LogP contribution in [0.2, 0.25) is 0 Å². The summed E-state index contributed by atoms with van der Waals surface area (Å²) in [5.41, 5.74) is 3.25. The molecule has 1 aromatic rings. The molecule has 1 fully saturated rings. The molecule has 1 aliphatic heterocycles. The van der Waals surface area contributed by atoms with E-state index >= 15 is 0 Å². The third kappa shape index (κ3) is 4.94. The van der Waals surface area contributed by atoms with Gasteiger partial charge in [-0.2, -0.15) is 0 Å². The minimum absolute atomic E-state index is 0.138. The van der Waals surface area contributed by atoms with Gasteiger partial charge in [0, 0.05) is 35.8 Å². The number of aryl methyl sites for hydroxylation is 1. The number of amides is 1. The van der Waals surface area contributed by atoms with Crippen LogP contribution in [0.25, 0.3) is 0 Å². The van der Waals surface area contributed by atoms with Gasteiger partial charge in [-0.1, -0.05) is 13.8 Å². The predicted molar refractivity (Wildman–Crippen MR) is 101 cm³/mol. The fourth-order valence-electron chi connectivity index (χ4n) is 3.30. The number of hydrogen-bond acceptors (Lipinski definition) is 4. The van der Waals surface area contributed by atoms with Gasteiger partial charge >= 0.3 is 0 Å². The summed E-state index contributed by atoms with van der Waals surface area (Å²) in [6, 6.07) is 0.234. The SMILES string of the molecule is COc1c(C)cnc(CN2CCC(C(=O)N[C@H](C)C(C)C)CC2)c1C. The first-order valence-electron chi connectivity index (χ1n) is 9.35. The maximum absolute atomic E-state index is 12.4. The monoisotopic (exact) mass is 347 g/mol. The molecule has 0 radical (unpaired) electrons. The van der Waals surface area contributed by atoms with Crippen LogP contribution in [0.1, 0.15) is 50.4 Å². The number of piperidine rings is 1. The highest BCUT2D eigenvalue weighted by Crippen LogP contribution is 2.26. The van der Waals surface area contributed by atoms with Gasteiger partial charge in [0.2, 0.25) is 5.91 Å². The number of methoxy groups -OCH3 is 1. The van der Waals surface area contributed by atoms with Crippen molar-refractivity contribution in [3.05, 3.63) is 23.0 Å².